The third kappa shape index (κ3) is 3.99. The number of allylic oxidation sites excluding steroid dienone is 2. The van der Waals surface area contributed by atoms with Crippen LogP contribution in [0.5, 0.6) is 0 Å². The second-order valence-corrected chi connectivity index (χ2v) is 5.66. The van der Waals surface area contributed by atoms with Gasteiger partial charge in [0, 0.05) is 0 Å². The molecule has 1 N–H and O–H groups in total. The lowest BCUT2D eigenvalue weighted by Gasteiger charge is -2.23. The Kier molecular flexibility index (Phi) is 5.26. The number of ether oxygens (including phenoxy) is 1. The zero-order valence-electron chi connectivity index (χ0n) is 11.1. The van der Waals surface area contributed by atoms with Crippen molar-refractivity contribution in [1.29, 1.82) is 0 Å². The molecule has 0 fully saturated rings. The summed E-state index contributed by atoms with van der Waals surface area (Å²) >= 11 is 11.7. The number of carboxylic acid groups (broad SMARTS) is 1. The standard InChI is InChI=1S/C15H14Cl2O4/c16-12-6-5-9(7-13(12)17)8-21-15(20)11-4-2-1-3-10(11)14(18)19/h1-2,5-7,10-11H,3-4,8H2,(H,18,19)/t10-,11+/m0/s1. The van der Waals surface area contributed by atoms with Gasteiger partial charge in [-0.3, -0.25) is 9.59 Å². The maximum atomic E-state index is 12.1. The van der Waals surface area contributed by atoms with E-state index in [1.165, 1.54) is 0 Å². The fourth-order valence-electron chi connectivity index (χ4n) is 2.24. The van der Waals surface area contributed by atoms with Gasteiger partial charge in [-0.05, 0) is 30.5 Å². The molecule has 112 valence electrons. The molecule has 0 heterocycles. The summed E-state index contributed by atoms with van der Waals surface area (Å²) in [7, 11) is 0. The predicted octanol–water partition coefficient (Wildman–Crippen LogP) is 3.70. The zero-order chi connectivity index (χ0) is 15.4. The molecule has 21 heavy (non-hydrogen) atoms. The Labute approximate surface area is 132 Å². The summed E-state index contributed by atoms with van der Waals surface area (Å²) in [4.78, 5) is 23.2. The van der Waals surface area contributed by atoms with Crippen LogP contribution in [0.1, 0.15) is 18.4 Å². The van der Waals surface area contributed by atoms with Gasteiger partial charge in [0.1, 0.15) is 6.61 Å². The summed E-state index contributed by atoms with van der Waals surface area (Å²) in [6, 6.07) is 4.94. The SMILES string of the molecule is O=C(O)[C@H]1CC=CC[C@H]1C(=O)OCc1ccc(Cl)c(Cl)c1. The van der Waals surface area contributed by atoms with Crippen molar-refractivity contribution in [3.05, 3.63) is 46.0 Å². The van der Waals surface area contributed by atoms with E-state index >= 15 is 0 Å². The second-order valence-electron chi connectivity index (χ2n) is 4.85. The summed E-state index contributed by atoms with van der Waals surface area (Å²) in [6.07, 6.45) is 4.32. The molecule has 0 spiro atoms. The topological polar surface area (TPSA) is 63.6 Å². The van der Waals surface area contributed by atoms with Gasteiger partial charge in [0.05, 0.1) is 21.9 Å². The molecule has 0 amide bonds. The van der Waals surface area contributed by atoms with Crippen molar-refractivity contribution in [2.75, 3.05) is 0 Å². The van der Waals surface area contributed by atoms with Crippen molar-refractivity contribution in [3.63, 3.8) is 0 Å². The maximum Gasteiger partial charge on any atom is 0.310 e. The molecular weight excluding hydrogens is 315 g/mol. The molecule has 1 aliphatic rings. The number of esters is 1. The highest BCUT2D eigenvalue weighted by atomic mass is 35.5. The smallest absolute Gasteiger partial charge is 0.310 e. The van der Waals surface area contributed by atoms with Gasteiger partial charge in [-0.1, -0.05) is 41.4 Å². The van der Waals surface area contributed by atoms with E-state index in [1.54, 1.807) is 24.3 Å². The quantitative estimate of drug-likeness (QED) is 0.676. The minimum Gasteiger partial charge on any atom is -0.481 e. The van der Waals surface area contributed by atoms with Gasteiger partial charge in [-0.25, -0.2) is 0 Å². The van der Waals surface area contributed by atoms with Gasteiger partial charge >= 0.3 is 11.9 Å². The van der Waals surface area contributed by atoms with Gasteiger partial charge in [0.25, 0.3) is 0 Å². The Morgan fingerprint density at radius 3 is 2.43 bits per heavy atom. The number of hydrogen-bond acceptors (Lipinski definition) is 3. The Morgan fingerprint density at radius 2 is 1.81 bits per heavy atom. The highest BCUT2D eigenvalue weighted by Gasteiger charge is 2.35. The third-order valence-corrected chi connectivity index (χ3v) is 4.16. The first-order chi connectivity index (χ1) is 9.99. The summed E-state index contributed by atoms with van der Waals surface area (Å²) < 4.78 is 5.20. The Balaban J connectivity index is 1.99. The molecule has 1 aromatic rings. The number of aliphatic carboxylic acids is 1. The number of rotatable bonds is 4. The minimum atomic E-state index is -0.976. The van der Waals surface area contributed by atoms with E-state index in [9.17, 15) is 9.59 Å². The molecule has 4 nitrogen and oxygen atoms in total. The first kappa shape index (κ1) is 15.9. The highest BCUT2D eigenvalue weighted by Crippen LogP contribution is 2.28. The summed E-state index contributed by atoms with van der Waals surface area (Å²) in [5.74, 6) is -2.85. The number of carboxylic acids is 1. The van der Waals surface area contributed by atoms with Crippen LogP contribution in [0.3, 0.4) is 0 Å². The van der Waals surface area contributed by atoms with Crippen molar-refractivity contribution in [1.82, 2.24) is 0 Å². The largest absolute Gasteiger partial charge is 0.481 e. The Hall–Kier alpha value is -1.52. The normalized spacial score (nSPS) is 21.0. The van der Waals surface area contributed by atoms with Crippen LogP contribution in [0.2, 0.25) is 10.0 Å². The maximum absolute atomic E-state index is 12.1. The van der Waals surface area contributed by atoms with Crippen LogP contribution in [0.15, 0.2) is 30.4 Å². The molecule has 0 radical (unpaired) electrons. The number of halogens is 2. The van der Waals surface area contributed by atoms with E-state index in [0.29, 0.717) is 28.5 Å². The third-order valence-electron chi connectivity index (χ3n) is 3.42. The minimum absolute atomic E-state index is 0.0439. The average Bonchev–Trinajstić information content (AvgIpc) is 2.48. The number of benzene rings is 1. The second kappa shape index (κ2) is 6.96. The zero-order valence-corrected chi connectivity index (χ0v) is 12.6. The first-order valence-corrected chi connectivity index (χ1v) is 7.23. The molecule has 2 atom stereocenters. The van der Waals surface area contributed by atoms with Crippen LogP contribution >= 0.6 is 23.2 Å². The van der Waals surface area contributed by atoms with Gasteiger partial charge in [-0.15, -0.1) is 0 Å². The fourth-order valence-corrected chi connectivity index (χ4v) is 2.56. The lowest BCUT2D eigenvalue weighted by atomic mass is 9.83. The van der Waals surface area contributed by atoms with Crippen LogP contribution in [-0.2, 0) is 20.9 Å². The lowest BCUT2D eigenvalue weighted by Crippen LogP contribution is -2.32. The predicted molar refractivity (Wildman–Crippen MR) is 79.2 cm³/mol. The van der Waals surface area contributed by atoms with Crippen molar-refractivity contribution in [3.8, 4) is 0 Å². The van der Waals surface area contributed by atoms with E-state index in [2.05, 4.69) is 0 Å². The number of carbonyl (C=O) groups is 2. The lowest BCUT2D eigenvalue weighted by molar-refractivity contribution is -0.158. The fraction of sp³-hybridized carbons (Fsp3) is 0.333. The number of carbonyl (C=O) groups excluding carboxylic acids is 1. The van der Waals surface area contributed by atoms with E-state index in [0.717, 1.165) is 0 Å². The molecule has 0 aromatic heterocycles. The van der Waals surface area contributed by atoms with Crippen molar-refractivity contribution in [2.45, 2.75) is 19.4 Å². The summed E-state index contributed by atoms with van der Waals surface area (Å²) in [6.45, 7) is 0.0439. The monoisotopic (exact) mass is 328 g/mol. The molecule has 1 aromatic carbocycles. The summed E-state index contributed by atoms with van der Waals surface area (Å²) in [5.41, 5.74) is 0.705. The van der Waals surface area contributed by atoms with Gasteiger partial charge in [-0.2, -0.15) is 0 Å². The first-order valence-electron chi connectivity index (χ1n) is 6.47. The molecule has 2 rings (SSSR count). The van der Waals surface area contributed by atoms with Gasteiger partial charge < -0.3 is 9.84 Å². The van der Waals surface area contributed by atoms with Crippen LogP contribution in [0.25, 0.3) is 0 Å². The van der Waals surface area contributed by atoms with E-state index < -0.39 is 23.8 Å². The molecule has 0 aliphatic heterocycles. The van der Waals surface area contributed by atoms with Crippen LogP contribution in [0, 0.1) is 11.8 Å². The Morgan fingerprint density at radius 1 is 1.14 bits per heavy atom. The van der Waals surface area contributed by atoms with Gasteiger partial charge in [0.15, 0.2) is 0 Å². The molecular formula is C15H14Cl2O4. The number of hydrogen-bond donors (Lipinski definition) is 1. The Bertz CT molecular complexity index is 583. The molecule has 1 aliphatic carbocycles. The average molecular weight is 329 g/mol. The molecule has 6 heteroatoms. The van der Waals surface area contributed by atoms with Crippen molar-refractivity contribution >= 4 is 35.1 Å². The van der Waals surface area contributed by atoms with Crippen molar-refractivity contribution in [2.24, 2.45) is 11.8 Å². The molecule has 0 bridgehead atoms. The van der Waals surface area contributed by atoms with E-state index in [-0.39, 0.29) is 6.61 Å². The van der Waals surface area contributed by atoms with Crippen LogP contribution < -0.4 is 0 Å². The summed E-state index contributed by atoms with van der Waals surface area (Å²) in [5, 5.41) is 9.95. The van der Waals surface area contributed by atoms with Crippen molar-refractivity contribution < 1.29 is 19.4 Å². The van der Waals surface area contributed by atoms with Crippen LogP contribution in [-0.4, -0.2) is 17.0 Å². The van der Waals surface area contributed by atoms with Crippen LogP contribution in [0.4, 0.5) is 0 Å². The van der Waals surface area contributed by atoms with E-state index in [4.69, 9.17) is 33.0 Å². The molecule has 0 saturated heterocycles. The van der Waals surface area contributed by atoms with E-state index in [1.807, 2.05) is 6.08 Å². The van der Waals surface area contributed by atoms with Gasteiger partial charge in [0.2, 0.25) is 0 Å². The molecule has 0 saturated carbocycles. The molecule has 0 unspecified atom stereocenters. The highest BCUT2D eigenvalue weighted by molar-refractivity contribution is 6.42.